The maximum atomic E-state index is 11.3. The number of carbonyl (C=O) groups excluding carboxylic acids is 1. The van der Waals surface area contributed by atoms with E-state index in [2.05, 4.69) is 38.3 Å². The van der Waals surface area contributed by atoms with Crippen molar-refractivity contribution in [2.24, 2.45) is 11.8 Å². The molecule has 0 heterocycles. The molecule has 3 nitrogen and oxygen atoms in total. The van der Waals surface area contributed by atoms with E-state index >= 15 is 0 Å². The van der Waals surface area contributed by atoms with Crippen molar-refractivity contribution in [2.45, 2.75) is 59.9 Å². The first kappa shape index (κ1) is 16.4. The molecule has 0 saturated heterocycles. The van der Waals surface area contributed by atoms with Gasteiger partial charge in [-0.3, -0.25) is 4.79 Å². The summed E-state index contributed by atoms with van der Waals surface area (Å²) in [5, 5.41) is 6.33. The summed E-state index contributed by atoms with van der Waals surface area (Å²) < 4.78 is 0. The number of hydrogen-bond donors (Lipinski definition) is 2. The van der Waals surface area contributed by atoms with E-state index in [0.29, 0.717) is 24.3 Å². The van der Waals surface area contributed by atoms with Crippen LogP contribution in [-0.2, 0) is 4.79 Å². The van der Waals surface area contributed by atoms with Crippen molar-refractivity contribution in [1.82, 2.24) is 10.6 Å². The summed E-state index contributed by atoms with van der Waals surface area (Å²) in [6, 6.07) is 0.546. The van der Waals surface area contributed by atoms with Crippen LogP contribution in [0, 0.1) is 11.8 Å². The number of hydrogen-bond acceptors (Lipinski definition) is 2. The summed E-state index contributed by atoms with van der Waals surface area (Å²) in [4.78, 5) is 11.3. The quantitative estimate of drug-likeness (QED) is 0.652. The van der Waals surface area contributed by atoms with Crippen molar-refractivity contribution in [3.63, 3.8) is 0 Å². The second-order valence-corrected chi connectivity index (χ2v) is 5.61. The van der Waals surface area contributed by atoms with Crippen LogP contribution >= 0.6 is 0 Å². The molecule has 0 aromatic heterocycles. The topological polar surface area (TPSA) is 41.1 Å². The molecule has 1 amide bonds. The second-order valence-electron chi connectivity index (χ2n) is 5.61. The van der Waals surface area contributed by atoms with Crippen molar-refractivity contribution in [2.75, 3.05) is 13.1 Å². The van der Waals surface area contributed by atoms with E-state index in [4.69, 9.17) is 0 Å². The first-order chi connectivity index (χ1) is 7.95. The molecular weight excluding hydrogens is 212 g/mol. The van der Waals surface area contributed by atoms with Gasteiger partial charge in [-0.15, -0.1) is 0 Å². The average molecular weight is 242 g/mol. The Morgan fingerprint density at radius 2 is 1.59 bits per heavy atom. The number of carbonyl (C=O) groups is 1. The predicted octanol–water partition coefficient (Wildman–Crippen LogP) is 2.56. The summed E-state index contributed by atoms with van der Waals surface area (Å²) >= 11 is 0. The van der Waals surface area contributed by atoms with Gasteiger partial charge in [-0.2, -0.15) is 0 Å². The van der Waals surface area contributed by atoms with E-state index in [-0.39, 0.29) is 5.91 Å². The lowest BCUT2D eigenvalue weighted by Crippen LogP contribution is -2.35. The number of amides is 1. The summed E-state index contributed by atoms with van der Waals surface area (Å²) in [5.74, 6) is 1.55. The van der Waals surface area contributed by atoms with Gasteiger partial charge in [0.2, 0.25) is 5.91 Å². The Morgan fingerprint density at radius 1 is 1.06 bits per heavy atom. The van der Waals surface area contributed by atoms with Gasteiger partial charge in [0.15, 0.2) is 0 Å². The minimum Gasteiger partial charge on any atom is -0.356 e. The fraction of sp³-hybridized carbons (Fsp3) is 0.929. The molecule has 0 spiro atoms. The Labute approximate surface area is 107 Å². The van der Waals surface area contributed by atoms with Gasteiger partial charge < -0.3 is 10.6 Å². The average Bonchev–Trinajstić information content (AvgIpc) is 2.15. The molecule has 0 unspecified atom stereocenters. The van der Waals surface area contributed by atoms with Crippen LogP contribution in [0.25, 0.3) is 0 Å². The minimum atomic E-state index is 0.146. The zero-order chi connectivity index (χ0) is 13.3. The van der Waals surface area contributed by atoms with Gasteiger partial charge in [-0.05, 0) is 31.6 Å². The first-order valence-corrected chi connectivity index (χ1v) is 6.95. The molecule has 102 valence electrons. The van der Waals surface area contributed by atoms with E-state index in [1.807, 2.05) is 6.92 Å². The lowest BCUT2D eigenvalue weighted by molar-refractivity contribution is -0.120. The lowest BCUT2D eigenvalue weighted by atomic mass is 9.95. The van der Waals surface area contributed by atoms with E-state index in [9.17, 15) is 4.79 Å². The Bertz CT molecular complexity index is 192. The molecule has 0 bridgehead atoms. The molecule has 3 heteroatoms. The minimum absolute atomic E-state index is 0.146. The van der Waals surface area contributed by atoms with Crippen molar-refractivity contribution in [1.29, 1.82) is 0 Å². The standard InChI is InChI=1S/C14H30N2O/c1-6-15-14(17)7-8-16-13(9-11(2)3)10-12(4)5/h11-13,16H,6-10H2,1-5H3,(H,15,17). The second kappa shape index (κ2) is 9.46. The third-order valence-electron chi connectivity index (χ3n) is 2.67. The van der Waals surface area contributed by atoms with Crippen molar-refractivity contribution >= 4 is 5.91 Å². The van der Waals surface area contributed by atoms with Crippen LogP contribution < -0.4 is 10.6 Å². The van der Waals surface area contributed by atoms with Crippen LogP contribution in [0.3, 0.4) is 0 Å². The zero-order valence-corrected chi connectivity index (χ0v) is 12.2. The van der Waals surface area contributed by atoms with Crippen LogP contribution in [-0.4, -0.2) is 25.0 Å². The van der Waals surface area contributed by atoms with Crippen molar-refractivity contribution < 1.29 is 4.79 Å². The third kappa shape index (κ3) is 10.3. The highest BCUT2D eigenvalue weighted by molar-refractivity contribution is 5.75. The highest BCUT2D eigenvalue weighted by atomic mass is 16.1. The van der Waals surface area contributed by atoms with Gasteiger partial charge in [-0.25, -0.2) is 0 Å². The highest BCUT2D eigenvalue weighted by Crippen LogP contribution is 2.13. The third-order valence-corrected chi connectivity index (χ3v) is 2.67. The monoisotopic (exact) mass is 242 g/mol. The summed E-state index contributed by atoms with van der Waals surface area (Å²) in [7, 11) is 0. The number of nitrogens with one attached hydrogen (secondary N) is 2. The van der Waals surface area contributed by atoms with Crippen LogP contribution in [0.4, 0.5) is 0 Å². The Morgan fingerprint density at radius 3 is 2.00 bits per heavy atom. The molecule has 0 saturated carbocycles. The van der Waals surface area contributed by atoms with Crippen LogP contribution in [0.15, 0.2) is 0 Å². The molecule has 2 N–H and O–H groups in total. The van der Waals surface area contributed by atoms with Gasteiger partial charge in [0.1, 0.15) is 0 Å². The normalized spacial score (nSPS) is 11.5. The molecule has 0 aromatic rings. The lowest BCUT2D eigenvalue weighted by Gasteiger charge is -2.22. The predicted molar refractivity (Wildman–Crippen MR) is 74.0 cm³/mol. The maximum absolute atomic E-state index is 11.3. The van der Waals surface area contributed by atoms with Gasteiger partial charge >= 0.3 is 0 Å². The van der Waals surface area contributed by atoms with Crippen LogP contribution in [0.2, 0.25) is 0 Å². The molecule has 0 rings (SSSR count). The number of rotatable bonds is 9. The first-order valence-electron chi connectivity index (χ1n) is 6.95. The van der Waals surface area contributed by atoms with E-state index in [1.54, 1.807) is 0 Å². The van der Waals surface area contributed by atoms with Gasteiger partial charge in [0.25, 0.3) is 0 Å². The zero-order valence-electron chi connectivity index (χ0n) is 12.2. The molecule has 0 radical (unpaired) electrons. The molecule has 0 aromatic carbocycles. The fourth-order valence-electron chi connectivity index (χ4n) is 2.08. The Hall–Kier alpha value is -0.570. The molecular formula is C14H30N2O. The summed E-state index contributed by atoms with van der Waals surface area (Å²) in [5.41, 5.74) is 0. The summed E-state index contributed by atoms with van der Waals surface area (Å²) in [6.07, 6.45) is 2.96. The molecule has 0 aliphatic heterocycles. The van der Waals surface area contributed by atoms with Crippen LogP contribution in [0.1, 0.15) is 53.9 Å². The van der Waals surface area contributed by atoms with E-state index in [0.717, 1.165) is 13.1 Å². The highest BCUT2D eigenvalue weighted by Gasteiger charge is 2.12. The van der Waals surface area contributed by atoms with Gasteiger partial charge in [-0.1, -0.05) is 27.7 Å². The largest absolute Gasteiger partial charge is 0.356 e. The van der Waals surface area contributed by atoms with E-state index < -0.39 is 0 Å². The molecule has 0 aliphatic carbocycles. The Kier molecular flexibility index (Phi) is 9.14. The molecule has 0 atom stereocenters. The summed E-state index contributed by atoms with van der Waals surface area (Å²) in [6.45, 7) is 12.5. The Balaban J connectivity index is 3.86. The molecule has 17 heavy (non-hydrogen) atoms. The van der Waals surface area contributed by atoms with Crippen molar-refractivity contribution in [3.05, 3.63) is 0 Å². The maximum Gasteiger partial charge on any atom is 0.221 e. The van der Waals surface area contributed by atoms with E-state index in [1.165, 1.54) is 12.8 Å². The van der Waals surface area contributed by atoms with Crippen molar-refractivity contribution in [3.8, 4) is 0 Å². The van der Waals surface area contributed by atoms with Crippen LogP contribution in [0.5, 0.6) is 0 Å². The molecule has 0 aliphatic rings. The SMILES string of the molecule is CCNC(=O)CCNC(CC(C)C)CC(C)C. The smallest absolute Gasteiger partial charge is 0.221 e. The molecule has 0 fully saturated rings. The van der Waals surface area contributed by atoms with Gasteiger partial charge in [0, 0.05) is 25.6 Å². The van der Waals surface area contributed by atoms with Gasteiger partial charge in [0.05, 0.1) is 0 Å². The fourth-order valence-corrected chi connectivity index (χ4v) is 2.08.